The second-order valence-corrected chi connectivity index (χ2v) is 3.91. The second kappa shape index (κ2) is 4.01. The summed E-state index contributed by atoms with van der Waals surface area (Å²) in [6.45, 7) is 2.65. The lowest BCUT2D eigenvalue weighted by atomic mass is 10.1. The van der Waals surface area contributed by atoms with Crippen molar-refractivity contribution in [1.29, 1.82) is 0 Å². The van der Waals surface area contributed by atoms with Gasteiger partial charge in [-0.15, -0.1) is 0 Å². The maximum Gasteiger partial charge on any atom is 0.161 e. The first kappa shape index (κ1) is 10.1. The number of hydrogen-bond donors (Lipinski definition) is 0. The standard InChI is InChI=1S/C12H14FNO/c1-9(15)11-4-2-3-5-12(11)14-7-6-10(13)8-14/h2-5,10H,6-8H2,1H3. The van der Waals surface area contributed by atoms with E-state index in [1.165, 1.54) is 0 Å². The Labute approximate surface area is 88.7 Å². The molecule has 0 bridgehead atoms. The number of carbonyl (C=O) groups excluding carboxylic acids is 1. The highest BCUT2D eigenvalue weighted by molar-refractivity contribution is 5.99. The molecule has 2 rings (SSSR count). The van der Waals surface area contributed by atoms with Crippen molar-refractivity contribution in [2.45, 2.75) is 19.5 Å². The second-order valence-electron chi connectivity index (χ2n) is 3.91. The van der Waals surface area contributed by atoms with Crippen molar-refractivity contribution in [1.82, 2.24) is 0 Å². The summed E-state index contributed by atoms with van der Waals surface area (Å²) in [6.07, 6.45) is -0.198. The summed E-state index contributed by atoms with van der Waals surface area (Å²) in [5.74, 6) is 0.0351. The molecule has 0 N–H and O–H groups in total. The van der Waals surface area contributed by atoms with Gasteiger partial charge in [-0.25, -0.2) is 4.39 Å². The predicted molar refractivity (Wildman–Crippen MR) is 58.2 cm³/mol. The van der Waals surface area contributed by atoms with Crippen LogP contribution in [0.15, 0.2) is 24.3 Å². The molecule has 0 radical (unpaired) electrons. The minimum absolute atomic E-state index is 0.0351. The predicted octanol–water partition coefficient (Wildman–Crippen LogP) is 2.44. The smallest absolute Gasteiger partial charge is 0.161 e. The molecule has 1 unspecified atom stereocenters. The molecule has 0 spiro atoms. The quantitative estimate of drug-likeness (QED) is 0.694. The molecule has 2 nitrogen and oxygen atoms in total. The normalized spacial score (nSPS) is 20.7. The average Bonchev–Trinajstić information content (AvgIpc) is 2.65. The van der Waals surface area contributed by atoms with Gasteiger partial charge in [0.2, 0.25) is 0 Å². The van der Waals surface area contributed by atoms with E-state index in [-0.39, 0.29) is 5.78 Å². The number of nitrogens with zero attached hydrogens (tertiary/aromatic N) is 1. The molecule has 15 heavy (non-hydrogen) atoms. The monoisotopic (exact) mass is 207 g/mol. The van der Waals surface area contributed by atoms with Crippen molar-refractivity contribution >= 4 is 11.5 Å². The minimum Gasteiger partial charge on any atom is -0.368 e. The van der Waals surface area contributed by atoms with Gasteiger partial charge in [-0.2, -0.15) is 0 Å². The molecule has 1 aromatic rings. The van der Waals surface area contributed by atoms with Gasteiger partial charge in [0.1, 0.15) is 6.17 Å². The van der Waals surface area contributed by atoms with Gasteiger partial charge >= 0.3 is 0 Å². The molecular weight excluding hydrogens is 193 g/mol. The van der Waals surface area contributed by atoms with E-state index in [1.54, 1.807) is 13.0 Å². The zero-order chi connectivity index (χ0) is 10.8. The maximum absolute atomic E-state index is 13.1. The van der Waals surface area contributed by atoms with Crippen molar-refractivity contribution in [2.24, 2.45) is 0 Å². The number of rotatable bonds is 2. The van der Waals surface area contributed by atoms with Crippen LogP contribution in [-0.4, -0.2) is 25.0 Å². The number of halogens is 1. The Morgan fingerprint density at radius 2 is 2.20 bits per heavy atom. The lowest BCUT2D eigenvalue weighted by Gasteiger charge is -2.20. The van der Waals surface area contributed by atoms with Crippen LogP contribution in [0.4, 0.5) is 10.1 Å². The van der Waals surface area contributed by atoms with Gasteiger partial charge in [-0.05, 0) is 25.5 Å². The number of alkyl halides is 1. The lowest BCUT2D eigenvalue weighted by molar-refractivity contribution is 0.101. The lowest BCUT2D eigenvalue weighted by Crippen LogP contribution is -2.22. The van der Waals surface area contributed by atoms with Crippen LogP contribution in [0.5, 0.6) is 0 Å². The summed E-state index contributed by atoms with van der Waals surface area (Å²) in [7, 11) is 0. The van der Waals surface area contributed by atoms with E-state index < -0.39 is 6.17 Å². The number of Topliss-reactive ketones (excluding diaryl/α,β-unsaturated/α-hetero) is 1. The first-order valence-electron chi connectivity index (χ1n) is 5.17. The Morgan fingerprint density at radius 3 is 2.80 bits per heavy atom. The third-order valence-corrected chi connectivity index (χ3v) is 2.75. The minimum atomic E-state index is -0.759. The van der Waals surface area contributed by atoms with Crippen molar-refractivity contribution in [2.75, 3.05) is 18.0 Å². The molecule has 1 atom stereocenters. The van der Waals surface area contributed by atoms with Crippen LogP contribution >= 0.6 is 0 Å². The van der Waals surface area contributed by atoms with Crippen molar-refractivity contribution in [3.8, 4) is 0 Å². The summed E-state index contributed by atoms with van der Waals surface area (Å²) in [6, 6.07) is 7.40. The van der Waals surface area contributed by atoms with E-state index in [0.29, 0.717) is 25.1 Å². The third-order valence-electron chi connectivity index (χ3n) is 2.75. The highest BCUT2D eigenvalue weighted by Crippen LogP contribution is 2.25. The van der Waals surface area contributed by atoms with E-state index >= 15 is 0 Å². The van der Waals surface area contributed by atoms with Crippen molar-refractivity contribution < 1.29 is 9.18 Å². The first-order valence-corrected chi connectivity index (χ1v) is 5.17. The molecule has 3 heteroatoms. The zero-order valence-corrected chi connectivity index (χ0v) is 8.74. The molecular formula is C12H14FNO. The van der Waals surface area contributed by atoms with Gasteiger partial charge in [0.15, 0.2) is 5.78 Å². The fourth-order valence-electron chi connectivity index (χ4n) is 1.98. The van der Waals surface area contributed by atoms with Crippen LogP contribution in [0.2, 0.25) is 0 Å². The molecule has 0 saturated carbocycles. The van der Waals surface area contributed by atoms with Gasteiger partial charge in [0.05, 0.1) is 0 Å². The van der Waals surface area contributed by atoms with Crippen LogP contribution in [0.1, 0.15) is 23.7 Å². The number of ketones is 1. The largest absolute Gasteiger partial charge is 0.368 e. The van der Waals surface area contributed by atoms with E-state index in [9.17, 15) is 9.18 Å². The van der Waals surface area contributed by atoms with Crippen LogP contribution < -0.4 is 4.90 Å². The molecule has 0 aliphatic carbocycles. The summed E-state index contributed by atoms with van der Waals surface area (Å²) >= 11 is 0. The fraction of sp³-hybridized carbons (Fsp3) is 0.417. The molecule has 0 aromatic heterocycles. The SMILES string of the molecule is CC(=O)c1ccccc1N1CCC(F)C1. The number of benzene rings is 1. The first-order chi connectivity index (χ1) is 7.18. The molecule has 1 heterocycles. The van der Waals surface area contributed by atoms with Crippen LogP contribution in [0.3, 0.4) is 0 Å². The number of para-hydroxylation sites is 1. The Bertz CT molecular complexity index is 378. The topological polar surface area (TPSA) is 20.3 Å². The number of anilines is 1. The summed E-state index contributed by atoms with van der Waals surface area (Å²) in [4.78, 5) is 13.3. The number of carbonyl (C=O) groups is 1. The van der Waals surface area contributed by atoms with Gasteiger partial charge in [-0.3, -0.25) is 4.79 Å². The molecule has 1 aromatic carbocycles. The molecule has 0 amide bonds. The maximum atomic E-state index is 13.1. The van der Waals surface area contributed by atoms with E-state index in [1.807, 2.05) is 23.1 Å². The highest BCUT2D eigenvalue weighted by Gasteiger charge is 2.24. The molecule has 1 saturated heterocycles. The highest BCUT2D eigenvalue weighted by atomic mass is 19.1. The van der Waals surface area contributed by atoms with Gasteiger partial charge in [0, 0.05) is 24.3 Å². The fourth-order valence-corrected chi connectivity index (χ4v) is 1.98. The van der Waals surface area contributed by atoms with E-state index in [4.69, 9.17) is 0 Å². The van der Waals surface area contributed by atoms with Gasteiger partial charge in [0.25, 0.3) is 0 Å². The summed E-state index contributed by atoms with van der Waals surface area (Å²) in [5, 5.41) is 0. The molecule has 1 aliphatic heterocycles. The Kier molecular flexibility index (Phi) is 2.71. The van der Waals surface area contributed by atoms with Crippen LogP contribution in [-0.2, 0) is 0 Å². The van der Waals surface area contributed by atoms with Crippen molar-refractivity contribution in [3.05, 3.63) is 29.8 Å². The zero-order valence-electron chi connectivity index (χ0n) is 8.74. The Morgan fingerprint density at radius 1 is 1.47 bits per heavy atom. The summed E-state index contributed by atoms with van der Waals surface area (Å²) < 4.78 is 13.1. The molecule has 1 fully saturated rings. The van der Waals surface area contributed by atoms with Crippen LogP contribution in [0.25, 0.3) is 0 Å². The molecule has 1 aliphatic rings. The van der Waals surface area contributed by atoms with E-state index in [0.717, 1.165) is 5.69 Å². The number of hydrogen-bond acceptors (Lipinski definition) is 2. The summed E-state index contributed by atoms with van der Waals surface area (Å²) in [5.41, 5.74) is 1.55. The van der Waals surface area contributed by atoms with Gasteiger partial charge < -0.3 is 4.90 Å². The van der Waals surface area contributed by atoms with Crippen LogP contribution in [0, 0.1) is 0 Å². The van der Waals surface area contributed by atoms with Crippen molar-refractivity contribution in [3.63, 3.8) is 0 Å². The Hall–Kier alpha value is -1.38. The van der Waals surface area contributed by atoms with E-state index in [2.05, 4.69) is 0 Å². The average molecular weight is 207 g/mol. The molecule has 80 valence electrons. The Balaban J connectivity index is 2.31. The van der Waals surface area contributed by atoms with Gasteiger partial charge in [-0.1, -0.05) is 12.1 Å². The third kappa shape index (κ3) is 2.01.